The summed E-state index contributed by atoms with van der Waals surface area (Å²) in [6.07, 6.45) is 0.682. The number of halogens is 1. The van der Waals surface area contributed by atoms with E-state index in [2.05, 4.69) is 21.2 Å². The summed E-state index contributed by atoms with van der Waals surface area (Å²) in [5.41, 5.74) is 1.01. The van der Waals surface area contributed by atoms with Gasteiger partial charge in [0.1, 0.15) is 11.5 Å². The molecule has 1 aliphatic heterocycles. The van der Waals surface area contributed by atoms with Crippen LogP contribution in [0.15, 0.2) is 45.3 Å². The van der Waals surface area contributed by atoms with Crippen molar-refractivity contribution < 1.29 is 12.8 Å². The minimum Gasteiger partial charge on any atom is -0.460 e. The Morgan fingerprint density at radius 2 is 2.14 bits per heavy atom. The Morgan fingerprint density at radius 1 is 1.29 bits per heavy atom. The highest BCUT2D eigenvalue weighted by Gasteiger charge is 2.27. The molecule has 4 nitrogen and oxygen atoms in total. The lowest BCUT2D eigenvalue weighted by Gasteiger charge is -2.08. The molecule has 2 aromatic rings. The molecular formula is C15H16BrNO3S. The van der Waals surface area contributed by atoms with Crippen LogP contribution in [0.3, 0.4) is 0 Å². The van der Waals surface area contributed by atoms with Gasteiger partial charge in [0.2, 0.25) is 0 Å². The van der Waals surface area contributed by atoms with Gasteiger partial charge in [-0.05, 0) is 30.7 Å². The van der Waals surface area contributed by atoms with Gasteiger partial charge in [-0.2, -0.15) is 0 Å². The lowest BCUT2D eigenvalue weighted by molar-refractivity contribution is 0.464. The van der Waals surface area contributed by atoms with E-state index in [4.69, 9.17) is 4.42 Å². The zero-order valence-electron chi connectivity index (χ0n) is 11.4. The van der Waals surface area contributed by atoms with Gasteiger partial charge in [-0.25, -0.2) is 8.42 Å². The fourth-order valence-electron chi connectivity index (χ4n) is 2.47. The van der Waals surface area contributed by atoms with E-state index in [0.717, 1.165) is 21.6 Å². The molecule has 0 amide bonds. The molecule has 3 rings (SSSR count). The third-order valence-corrected chi connectivity index (χ3v) is 5.83. The Bertz CT molecular complexity index is 739. The van der Waals surface area contributed by atoms with Crippen LogP contribution in [0.25, 0.3) is 11.3 Å². The molecule has 0 bridgehead atoms. The first-order valence-corrected chi connectivity index (χ1v) is 9.42. The van der Waals surface area contributed by atoms with Gasteiger partial charge >= 0.3 is 0 Å². The fraction of sp³-hybridized carbons (Fsp3) is 0.333. The van der Waals surface area contributed by atoms with Crippen molar-refractivity contribution in [2.45, 2.75) is 19.0 Å². The van der Waals surface area contributed by atoms with Crippen LogP contribution in [0.1, 0.15) is 12.2 Å². The fourth-order valence-corrected chi connectivity index (χ4v) is 4.58. The quantitative estimate of drug-likeness (QED) is 0.899. The molecular weight excluding hydrogens is 354 g/mol. The summed E-state index contributed by atoms with van der Waals surface area (Å²) in [6.45, 7) is 0.550. The van der Waals surface area contributed by atoms with Gasteiger partial charge < -0.3 is 9.73 Å². The van der Waals surface area contributed by atoms with Crippen LogP contribution in [-0.4, -0.2) is 26.0 Å². The van der Waals surface area contributed by atoms with E-state index in [-0.39, 0.29) is 17.5 Å². The maximum absolute atomic E-state index is 11.4. The summed E-state index contributed by atoms with van der Waals surface area (Å²) in [5.74, 6) is 2.14. The van der Waals surface area contributed by atoms with Gasteiger partial charge in [-0.15, -0.1) is 0 Å². The van der Waals surface area contributed by atoms with Crippen molar-refractivity contribution >= 4 is 25.8 Å². The average Bonchev–Trinajstić information content (AvgIpc) is 3.03. The molecule has 1 unspecified atom stereocenters. The molecule has 0 saturated carbocycles. The van der Waals surface area contributed by atoms with E-state index < -0.39 is 9.84 Å². The molecule has 2 heterocycles. The molecule has 1 fully saturated rings. The van der Waals surface area contributed by atoms with E-state index in [9.17, 15) is 8.42 Å². The molecule has 1 aromatic heterocycles. The molecule has 0 aliphatic carbocycles. The highest BCUT2D eigenvalue weighted by Crippen LogP contribution is 2.25. The Kier molecular flexibility index (Phi) is 4.19. The predicted molar refractivity (Wildman–Crippen MR) is 85.7 cm³/mol. The van der Waals surface area contributed by atoms with Crippen LogP contribution in [0, 0.1) is 0 Å². The highest BCUT2D eigenvalue weighted by molar-refractivity contribution is 9.10. The molecule has 112 valence electrons. The molecule has 1 saturated heterocycles. The maximum Gasteiger partial charge on any atom is 0.151 e. The van der Waals surface area contributed by atoms with Gasteiger partial charge in [-0.3, -0.25) is 0 Å². The molecule has 0 radical (unpaired) electrons. The first kappa shape index (κ1) is 14.8. The number of furan rings is 1. The number of benzene rings is 1. The number of nitrogens with one attached hydrogen (secondary N) is 1. The van der Waals surface area contributed by atoms with Crippen LogP contribution in [0.5, 0.6) is 0 Å². The minimum absolute atomic E-state index is 0.0365. The van der Waals surface area contributed by atoms with Crippen LogP contribution in [-0.2, 0) is 16.4 Å². The summed E-state index contributed by atoms with van der Waals surface area (Å²) >= 11 is 3.44. The number of sulfone groups is 1. The molecule has 1 aliphatic rings. The zero-order valence-corrected chi connectivity index (χ0v) is 13.8. The zero-order chi connectivity index (χ0) is 14.9. The van der Waals surface area contributed by atoms with Crippen molar-refractivity contribution in [1.82, 2.24) is 5.32 Å². The monoisotopic (exact) mass is 369 g/mol. The van der Waals surface area contributed by atoms with Crippen LogP contribution < -0.4 is 5.32 Å². The third-order valence-electron chi connectivity index (χ3n) is 3.57. The van der Waals surface area contributed by atoms with Crippen molar-refractivity contribution in [1.29, 1.82) is 0 Å². The van der Waals surface area contributed by atoms with E-state index in [1.54, 1.807) is 0 Å². The summed E-state index contributed by atoms with van der Waals surface area (Å²) in [5, 5.41) is 3.25. The molecule has 0 spiro atoms. The van der Waals surface area contributed by atoms with Crippen molar-refractivity contribution in [3.05, 3.63) is 46.6 Å². The molecule has 6 heteroatoms. The standard InChI is InChI=1S/C15H16BrNO3S/c16-12-3-1-2-11(8-12)15-5-4-14(20-15)9-17-13-6-7-21(18,19)10-13/h1-5,8,13,17H,6-7,9-10H2. The van der Waals surface area contributed by atoms with E-state index in [1.807, 2.05) is 36.4 Å². The van der Waals surface area contributed by atoms with Gasteiger partial charge in [0.15, 0.2) is 9.84 Å². The van der Waals surface area contributed by atoms with Crippen molar-refractivity contribution in [2.75, 3.05) is 11.5 Å². The molecule has 1 atom stereocenters. The van der Waals surface area contributed by atoms with Crippen molar-refractivity contribution in [2.24, 2.45) is 0 Å². The Labute approximate surface area is 132 Å². The highest BCUT2D eigenvalue weighted by atomic mass is 79.9. The summed E-state index contributed by atoms with van der Waals surface area (Å²) < 4.78 is 29.6. The van der Waals surface area contributed by atoms with Crippen molar-refractivity contribution in [3.63, 3.8) is 0 Å². The van der Waals surface area contributed by atoms with E-state index in [0.29, 0.717) is 13.0 Å². The summed E-state index contributed by atoms with van der Waals surface area (Å²) in [4.78, 5) is 0. The van der Waals surface area contributed by atoms with Crippen molar-refractivity contribution in [3.8, 4) is 11.3 Å². The van der Waals surface area contributed by atoms with Crippen LogP contribution in [0.2, 0.25) is 0 Å². The summed E-state index contributed by atoms with van der Waals surface area (Å²) in [6, 6.07) is 11.8. The van der Waals surface area contributed by atoms with E-state index in [1.165, 1.54) is 0 Å². The lowest BCUT2D eigenvalue weighted by Crippen LogP contribution is -2.29. The minimum atomic E-state index is -2.84. The topological polar surface area (TPSA) is 59.3 Å². The van der Waals surface area contributed by atoms with Gasteiger partial charge in [0.05, 0.1) is 18.1 Å². The molecule has 21 heavy (non-hydrogen) atoms. The van der Waals surface area contributed by atoms with Gasteiger partial charge in [0, 0.05) is 16.1 Å². The maximum atomic E-state index is 11.4. The smallest absolute Gasteiger partial charge is 0.151 e. The largest absolute Gasteiger partial charge is 0.460 e. The Morgan fingerprint density at radius 3 is 2.86 bits per heavy atom. The number of hydrogen-bond acceptors (Lipinski definition) is 4. The number of rotatable bonds is 4. The molecule has 1 N–H and O–H groups in total. The molecule has 1 aromatic carbocycles. The first-order valence-electron chi connectivity index (χ1n) is 6.80. The average molecular weight is 370 g/mol. The second-order valence-corrected chi connectivity index (χ2v) is 8.40. The number of hydrogen-bond donors (Lipinski definition) is 1. The van der Waals surface area contributed by atoms with Crippen LogP contribution in [0.4, 0.5) is 0 Å². The second-order valence-electron chi connectivity index (χ2n) is 5.26. The van der Waals surface area contributed by atoms with Crippen LogP contribution >= 0.6 is 15.9 Å². The van der Waals surface area contributed by atoms with Gasteiger partial charge in [-0.1, -0.05) is 28.1 Å². The SMILES string of the molecule is O=S1(=O)CCC(NCc2ccc(-c3cccc(Br)c3)o2)C1. The third kappa shape index (κ3) is 3.75. The van der Waals surface area contributed by atoms with Gasteiger partial charge in [0.25, 0.3) is 0 Å². The second kappa shape index (κ2) is 5.94. The normalized spacial score (nSPS) is 20.7. The summed E-state index contributed by atoms with van der Waals surface area (Å²) in [7, 11) is -2.84. The predicted octanol–water partition coefficient (Wildman–Crippen LogP) is 2.99. The Hall–Kier alpha value is -1.11. The first-order chi connectivity index (χ1) is 10.0. The lowest BCUT2D eigenvalue weighted by atomic mass is 10.2. The Balaban J connectivity index is 1.63. The van der Waals surface area contributed by atoms with E-state index >= 15 is 0 Å².